The topological polar surface area (TPSA) is 87.9 Å². The van der Waals surface area contributed by atoms with Crippen LogP contribution in [-0.4, -0.2) is 34.6 Å². The van der Waals surface area contributed by atoms with E-state index in [1.165, 1.54) is 22.9 Å². The van der Waals surface area contributed by atoms with E-state index in [-0.39, 0.29) is 34.4 Å². The maximum absolute atomic E-state index is 15.4. The van der Waals surface area contributed by atoms with Gasteiger partial charge in [0.15, 0.2) is 11.6 Å². The molecule has 1 N–H and O–H groups in total. The molecule has 2 heterocycles. The Morgan fingerprint density at radius 3 is 2.47 bits per heavy atom. The number of aryl methyl sites for hydroxylation is 1. The van der Waals surface area contributed by atoms with Crippen molar-refractivity contribution in [2.24, 2.45) is 7.05 Å². The second kappa shape index (κ2) is 7.42. The van der Waals surface area contributed by atoms with Crippen molar-refractivity contribution < 1.29 is 19.0 Å². The second-order valence-corrected chi connectivity index (χ2v) is 6.99. The van der Waals surface area contributed by atoms with Gasteiger partial charge in [-0.15, -0.1) is 0 Å². The number of ether oxygens (including phenoxy) is 1. The van der Waals surface area contributed by atoms with Crippen LogP contribution in [0.5, 0.6) is 5.75 Å². The molecule has 0 atom stereocenters. The lowest BCUT2D eigenvalue weighted by Gasteiger charge is -2.36. The molecule has 0 spiro atoms. The van der Waals surface area contributed by atoms with Crippen molar-refractivity contribution in [1.82, 2.24) is 9.78 Å². The number of benzene rings is 2. The predicted octanol–water partition coefficient (Wildman–Crippen LogP) is 2.54. The summed E-state index contributed by atoms with van der Waals surface area (Å²) in [6.07, 6.45) is 0. The van der Waals surface area contributed by atoms with Crippen LogP contribution in [0.4, 0.5) is 20.7 Å². The summed E-state index contributed by atoms with van der Waals surface area (Å²) < 4.78 is 21.7. The monoisotopic (exact) mass is 412 g/mol. The van der Waals surface area contributed by atoms with Gasteiger partial charge in [0.1, 0.15) is 5.75 Å². The van der Waals surface area contributed by atoms with Gasteiger partial charge in [-0.1, -0.05) is 12.1 Å². The Balaban J connectivity index is 2.00. The van der Waals surface area contributed by atoms with Crippen molar-refractivity contribution >= 4 is 28.3 Å². The number of carbonyl (C=O) groups excluding carboxylic acids is 1. The van der Waals surface area contributed by atoms with Gasteiger partial charge in [0.2, 0.25) is 0 Å². The quantitative estimate of drug-likeness (QED) is 0.696. The summed E-state index contributed by atoms with van der Waals surface area (Å²) in [7, 11) is 3.03. The van der Waals surface area contributed by atoms with E-state index in [4.69, 9.17) is 4.74 Å². The molecule has 30 heavy (non-hydrogen) atoms. The Hall–Kier alpha value is -3.46. The number of nitrogens with zero attached hydrogens (tertiary/aromatic N) is 4. The van der Waals surface area contributed by atoms with E-state index in [2.05, 4.69) is 5.10 Å². The highest BCUT2D eigenvalue weighted by molar-refractivity contribution is 6.18. The number of anilines is 2. The third-order valence-electron chi connectivity index (χ3n) is 5.28. The highest BCUT2D eigenvalue weighted by Gasteiger charge is 2.37. The van der Waals surface area contributed by atoms with Gasteiger partial charge in [-0.05, 0) is 30.7 Å². The lowest BCUT2D eigenvalue weighted by atomic mass is 10.0. The Bertz CT molecular complexity index is 1210. The van der Waals surface area contributed by atoms with Gasteiger partial charge in [-0.3, -0.25) is 14.6 Å². The SMILES string of the molecule is CCN1C(=O)N(Cc2ccc(OC)cc2)c2c(F)c(CO)cc3c(=O)n(C)nc1c23. The van der Waals surface area contributed by atoms with Gasteiger partial charge in [0.25, 0.3) is 5.56 Å². The number of aliphatic hydroxyl groups is 1. The number of aromatic nitrogens is 2. The van der Waals surface area contributed by atoms with E-state index < -0.39 is 24.0 Å². The summed E-state index contributed by atoms with van der Waals surface area (Å²) in [5, 5.41) is 14.4. The Kier molecular flexibility index (Phi) is 4.90. The van der Waals surface area contributed by atoms with E-state index in [0.29, 0.717) is 12.3 Å². The summed E-state index contributed by atoms with van der Waals surface area (Å²) in [5.41, 5.74) is 0.230. The molecule has 8 nitrogen and oxygen atoms in total. The van der Waals surface area contributed by atoms with Crippen molar-refractivity contribution in [3.8, 4) is 5.75 Å². The lowest BCUT2D eigenvalue weighted by molar-refractivity contribution is 0.250. The molecule has 2 amide bonds. The van der Waals surface area contributed by atoms with E-state index in [9.17, 15) is 14.7 Å². The zero-order chi connectivity index (χ0) is 21.6. The van der Waals surface area contributed by atoms with Crippen LogP contribution in [0.3, 0.4) is 0 Å². The summed E-state index contributed by atoms with van der Waals surface area (Å²) in [4.78, 5) is 28.7. The lowest BCUT2D eigenvalue weighted by Crippen LogP contribution is -2.47. The second-order valence-electron chi connectivity index (χ2n) is 6.99. The number of halogens is 1. The van der Waals surface area contributed by atoms with Crippen molar-refractivity contribution in [3.63, 3.8) is 0 Å². The minimum Gasteiger partial charge on any atom is -0.497 e. The van der Waals surface area contributed by atoms with Crippen LogP contribution in [0, 0.1) is 5.82 Å². The first kappa shape index (κ1) is 19.8. The Labute approximate surface area is 171 Å². The molecule has 4 rings (SSSR count). The van der Waals surface area contributed by atoms with Crippen molar-refractivity contribution in [2.45, 2.75) is 20.1 Å². The average Bonchev–Trinajstić information content (AvgIpc) is 2.75. The normalized spacial score (nSPS) is 13.3. The molecule has 0 radical (unpaired) electrons. The maximum atomic E-state index is 15.4. The highest BCUT2D eigenvalue weighted by atomic mass is 19.1. The smallest absolute Gasteiger partial charge is 0.330 e. The van der Waals surface area contributed by atoms with Crippen molar-refractivity contribution in [3.05, 3.63) is 57.6 Å². The number of carbonyl (C=O) groups is 1. The number of hydrogen-bond donors (Lipinski definition) is 1. The standard InChI is InChI=1S/C21H21FN4O4/c1-4-25-19-16-15(20(28)24(2)23-19)9-13(11-27)17(22)18(16)26(21(25)29)10-12-5-7-14(30-3)8-6-12/h5-9,27H,4,10-11H2,1-3H3. The minimum atomic E-state index is -0.737. The number of amides is 2. The average molecular weight is 412 g/mol. The van der Waals surface area contributed by atoms with Gasteiger partial charge in [-0.2, -0.15) is 5.10 Å². The zero-order valence-corrected chi connectivity index (χ0v) is 16.8. The third kappa shape index (κ3) is 2.89. The first-order valence-corrected chi connectivity index (χ1v) is 9.46. The summed E-state index contributed by atoms with van der Waals surface area (Å²) >= 11 is 0. The highest BCUT2D eigenvalue weighted by Crippen LogP contribution is 2.41. The maximum Gasteiger partial charge on any atom is 0.330 e. The molecule has 0 aliphatic carbocycles. The predicted molar refractivity (Wildman–Crippen MR) is 110 cm³/mol. The molecule has 3 aromatic rings. The summed E-state index contributed by atoms with van der Waals surface area (Å²) in [6.45, 7) is 1.55. The number of rotatable bonds is 5. The summed E-state index contributed by atoms with van der Waals surface area (Å²) in [5.74, 6) is 0.149. The van der Waals surface area contributed by atoms with Gasteiger partial charge < -0.3 is 9.84 Å². The molecular weight excluding hydrogens is 391 g/mol. The van der Waals surface area contributed by atoms with Crippen LogP contribution < -0.4 is 20.1 Å². The van der Waals surface area contributed by atoms with Crippen molar-refractivity contribution in [1.29, 1.82) is 0 Å². The fraction of sp³-hybridized carbons (Fsp3) is 0.286. The molecule has 0 saturated heterocycles. The molecule has 0 unspecified atom stereocenters. The first-order valence-electron chi connectivity index (χ1n) is 9.46. The van der Waals surface area contributed by atoms with Crippen molar-refractivity contribution in [2.75, 3.05) is 23.5 Å². The molecule has 1 aliphatic rings. The molecule has 0 bridgehead atoms. The molecular formula is C21H21FN4O4. The Morgan fingerprint density at radius 2 is 1.87 bits per heavy atom. The number of aliphatic hydroxyl groups excluding tert-OH is 1. The van der Waals surface area contributed by atoms with E-state index in [0.717, 1.165) is 10.2 Å². The van der Waals surface area contributed by atoms with Crippen LogP contribution in [-0.2, 0) is 20.2 Å². The van der Waals surface area contributed by atoms with Crippen LogP contribution in [0.25, 0.3) is 10.8 Å². The number of urea groups is 1. The molecule has 9 heteroatoms. The molecule has 0 saturated carbocycles. The number of hydrogen-bond acceptors (Lipinski definition) is 5. The van der Waals surface area contributed by atoms with E-state index in [1.807, 2.05) is 0 Å². The summed E-state index contributed by atoms with van der Waals surface area (Å²) in [6, 6.07) is 7.95. The van der Waals surface area contributed by atoms with Crippen LogP contribution >= 0.6 is 0 Å². The van der Waals surface area contributed by atoms with Crippen LogP contribution in [0.1, 0.15) is 18.1 Å². The van der Waals surface area contributed by atoms with Gasteiger partial charge >= 0.3 is 6.03 Å². The van der Waals surface area contributed by atoms with E-state index >= 15 is 4.39 Å². The number of methoxy groups -OCH3 is 1. The fourth-order valence-electron chi connectivity index (χ4n) is 3.74. The first-order chi connectivity index (χ1) is 14.4. The van der Waals surface area contributed by atoms with E-state index in [1.54, 1.807) is 38.3 Å². The third-order valence-corrected chi connectivity index (χ3v) is 5.28. The largest absolute Gasteiger partial charge is 0.497 e. The Morgan fingerprint density at radius 1 is 1.17 bits per heavy atom. The zero-order valence-electron chi connectivity index (χ0n) is 16.8. The molecule has 0 fully saturated rings. The van der Waals surface area contributed by atoms with Gasteiger partial charge in [0.05, 0.1) is 36.7 Å². The molecule has 156 valence electrons. The minimum absolute atomic E-state index is 0.0396. The molecule has 2 aromatic carbocycles. The molecule has 1 aromatic heterocycles. The van der Waals surface area contributed by atoms with Gasteiger partial charge in [0, 0.05) is 19.2 Å². The fourth-order valence-corrected chi connectivity index (χ4v) is 3.74. The molecule has 1 aliphatic heterocycles. The van der Waals surface area contributed by atoms with Crippen LogP contribution in [0.2, 0.25) is 0 Å². The van der Waals surface area contributed by atoms with Gasteiger partial charge in [-0.25, -0.2) is 13.9 Å². The van der Waals surface area contributed by atoms with Crippen LogP contribution in [0.15, 0.2) is 35.1 Å².